The number of benzene rings is 2. The molecule has 4 heterocycles. The summed E-state index contributed by atoms with van der Waals surface area (Å²) >= 11 is 1.62. The van der Waals surface area contributed by atoms with Crippen molar-refractivity contribution in [2.24, 2.45) is 11.3 Å². The number of nitrogens with two attached hydrogens (primary N) is 1. The normalized spacial score (nSPS) is 19.1. The Balaban J connectivity index is 1.06. The number of anilines is 2. The average molecular weight is 753 g/mol. The quantitative estimate of drug-likeness (QED) is 0.146. The zero-order valence-corrected chi connectivity index (χ0v) is 32.6. The predicted molar refractivity (Wildman–Crippen MR) is 214 cm³/mol. The lowest BCUT2D eigenvalue weighted by atomic mass is 9.76. The van der Waals surface area contributed by atoms with Gasteiger partial charge in [-0.1, -0.05) is 63.7 Å². The molecule has 0 radical (unpaired) electrons. The third kappa shape index (κ3) is 8.75. The molecule has 2 saturated heterocycles. The van der Waals surface area contributed by atoms with E-state index in [1.165, 1.54) is 0 Å². The number of ketones is 1. The summed E-state index contributed by atoms with van der Waals surface area (Å²) in [7, 11) is 0. The van der Waals surface area contributed by atoms with Crippen LogP contribution in [0, 0.1) is 18.3 Å². The Morgan fingerprint density at radius 2 is 1.78 bits per heavy atom. The number of β-amino-alcohol motifs (C(OH)–C–C–N with tert-alkyl or cyclic N) is 1. The molecule has 54 heavy (non-hydrogen) atoms. The molecule has 13 heteroatoms. The number of amides is 1. The second-order valence-electron chi connectivity index (χ2n) is 15.6. The number of phenols is 1. The smallest absolute Gasteiger partial charge is 0.227 e. The molecule has 2 aliphatic rings. The first-order valence-corrected chi connectivity index (χ1v) is 19.4. The first kappa shape index (κ1) is 38.9. The minimum atomic E-state index is -0.679. The van der Waals surface area contributed by atoms with Gasteiger partial charge in [0.1, 0.15) is 11.5 Å². The second kappa shape index (κ2) is 16.3. The molecule has 0 spiro atoms. The minimum absolute atomic E-state index is 0.00231. The van der Waals surface area contributed by atoms with E-state index in [2.05, 4.69) is 68.1 Å². The topological polar surface area (TPSA) is 161 Å². The Kier molecular flexibility index (Phi) is 11.7. The number of piperazine rings is 1. The molecule has 0 unspecified atom stereocenters. The molecule has 5 N–H and O–H groups in total. The van der Waals surface area contributed by atoms with E-state index in [4.69, 9.17) is 5.73 Å². The molecule has 0 saturated carbocycles. The van der Waals surface area contributed by atoms with Crippen LogP contribution in [0.2, 0.25) is 0 Å². The number of para-hydroxylation sites is 1. The van der Waals surface area contributed by atoms with Gasteiger partial charge in [-0.15, -0.1) is 21.5 Å². The number of nitrogens with zero attached hydrogens (tertiary/aromatic N) is 6. The molecule has 4 aromatic rings. The Labute approximate surface area is 321 Å². The Morgan fingerprint density at radius 3 is 2.43 bits per heavy atom. The summed E-state index contributed by atoms with van der Waals surface area (Å²) < 4.78 is 0. The standard InChI is InChI=1S/C41H52N8O4S/c1-25(28-11-13-29(14-12-28)38-27(3)43-24-54-38)44-26(2)35-20-31(51)23-49(35)40(53)33(41(4,5)6)19-30(50)22-47-15-17-48(18-16-47)36-21-34(45-46-39(36)42)32-9-7-8-10-37(32)52/h7-14,21,24-25,31,33,35,44,51-52H,2,15-20,22-23H2,1,3-6H3,(H2,42,46)/t25-,31+,33+,35-/m1/s1. The number of nitrogens with one attached hydrogen (secondary N) is 1. The lowest BCUT2D eigenvalue weighted by Crippen LogP contribution is -2.49. The number of carbonyl (C=O) groups is 2. The number of likely N-dealkylation sites (tertiary alicyclic amines) is 1. The lowest BCUT2D eigenvalue weighted by Gasteiger charge is -2.38. The van der Waals surface area contributed by atoms with Gasteiger partial charge in [0.05, 0.1) is 46.2 Å². The van der Waals surface area contributed by atoms with Gasteiger partial charge in [0, 0.05) is 68.8 Å². The summed E-state index contributed by atoms with van der Waals surface area (Å²) in [6.07, 6.45) is -0.190. The highest BCUT2D eigenvalue weighted by atomic mass is 32.1. The SMILES string of the molecule is C=C(N[C@H](C)c1ccc(-c2scnc2C)cc1)[C@H]1C[C@H](O)CN1C(=O)[C@H](CC(=O)CN1CCN(c2cc(-c3ccccc3O)nnc2N)CC1)C(C)(C)C. The van der Waals surface area contributed by atoms with Crippen LogP contribution < -0.4 is 16.0 Å². The number of aliphatic hydroxyl groups excluding tert-OH is 1. The highest BCUT2D eigenvalue weighted by Gasteiger charge is 2.43. The molecule has 4 atom stereocenters. The number of hydrogen-bond donors (Lipinski definition) is 4. The molecular weight excluding hydrogens is 701 g/mol. The van der Waals surface area contributed by atoms with E-state index in [0.717, 1.165) is 27.4 Å². The number of hydrogen-bond acceptors (Lipinski definition) is 12. The van der Waals surface area contributed by atoms with E-state index in [0.29, 0.717) is 55.4 Å². The fourth-order valence-electron chi connectivity index (χ4n) is 7.47. The first-order chi connectivity index (χ1) is 25.7. The van der Waals surface area contributed by atoms with Crippen LogP contribution in [0.5, 0.6) is 5.75 Å². The van der Waals surface area contributed by atoms with Crippen molar-refractivity contribution in [3.63, 3.8) is 0 Å². The van der Waals surface area contributed by atoms with Crippen molar-refractivity contribution in [1.29, 1.82) is 0 Å². The Bertz CT molecular complexity index is 1970. The zero-order chi connectivity index (χ0) is 38.7. The minimum Gasteiger partial charge on any atom is -0.507 e. The van der Waals surface area contributed by atoms with Gasteiger partial charge in [-0.2, -0.15) is 0 Å². The van der Waals surface area contributed by atoms with E-state index in [1.807, 2.05) is 45.3 Å². The summed E-state index contributed by atoms with van der Waals surface area (Å²) in [5.74, 6) is -0.279. The van der Waals surface area contributed by atoms with Gasteiger partial charge in [0.2, 0.25) is 5.91 Å². The molecule has 12 nitrogen and oxygen atoms in total. The van der Waals surface area contributed by atoms with Crippen molar-refractivity contribution in [3.8, 4) is 27.4 Å². The molecule has 1 amide bonds. The third-order valence-electron chi connectivity index (χ3n) is 10.7. The fourth-order valence-corrected chi connectivity index (χ4v) is 8.28. The molecule has 6 rings (SSSR count). The average Bonchev–Trinajstić information content (AvgIpc) is 3.76. The van der Waals surface area contributed by atoms with Gasteiger partial charge < -0.3 is 31.1 Å². The highest BCUT2D eigenvalue weighted by Crippen LogP contribution is 2.36. The third-order valence-corrected chi connectivity index (χ3v) is 11.6. The summed E-state index contributed by atoms with van der Waals surface area (Å²) in [6, 6.07) is 16.7. The first-order valence-electron chi connectivity index (χ1n) is 18.5. The van der Waals surface area contributed by atoms with Crippen molar-refractivity contribution < 1.29 is 19.8 Å². The maximum absolute atomic E-state index is 14.3. The van der Waals surface area contributed by atoms with Crippen molar-refractivity contribution in [2.75, 3.05) is 49.9 Å². The van der Waals surface area contributed by atoms with Gasteiger partial charge in [-0.3, -0.25) is 14.5 Å². The van der Waals surface area contributed by atoms with Crippen LogP contribution in [0.4, 0.5) is 11.5 Å². The van der Waals surface area contributed by atoms with Gasteiger partial charge in [0.25, 0.3) is 0 Å². The van der Waals surface area contributed by atoms with E-state index in [-0.39, 0.29) is 43.0 Å². The second-order valence-corrected chi connectivity index (χ2v) is 16.5. The van der Waals surface area contributed by atoms with Gasteiger partial charge in [-0.05, 0) is 48.6 Å². The molecule has 2 aromatic carbocycles. The molecule has 0 bridgehead atoms. The zero-order valence-electron chi connectivity index (χ0n) is 31.8. The van der Waals surface area contributed by atoms with Crippen LogP contribution in [0.3, 0.4) is 0 Å². The number of Topliss-reactive ketones (excluding diaryl/α,β-unsaturated/α-hetero) is 1. The molecule has 2 aromatic heterocycles. The Hall–Kier alpha value is -4.85. The van der Waals surface area contributed by atoms with E-state index in [1.54, 1.807) is 34.4 Å². The van der Waals surface area contributed by atoms with Gasteiger partial charge in [-0.25, -0.2) is 4.98 Å². The number of aromatic nitrogens is 3. The van der Waals surface area contributed by atoms with Crippen LogP contribution in [-0.2, 0) is 9.59 Å². The maximum Gasteiger partial charge on any atom is 0.227 e. The van der Waals surface area contributed by atoms with Crippen LogP contribution >= 0.6 is 11.3 Å². The number of rotatable bonds is 12. The lowest BCUT2D eigenvalue weighted by molar-refractivity contribution is -0.142. The van der Waals surface area contributed by atoms with Gasteiger partial charge in [0.15, 0.2) is 5.82 Å². The molecular formula is C41H52N8O4S. The van der Waals surface area contributed by atoms with E-state index < -0.39 is 23.5 Å². The van der Waals surface area contributed by atoms with Crippen molar-refractivity contribution in [1.82, 2.24) is 30.3 Å². The number of aryl methyl sites for hydroxylation is 1. The maximum atomic E-state index is 14.3. The molecule has 2 fully saturated rings. The van der Waals surface area contributed by atoms with Crippen LogP contribution in [0.1, 0.15) is 57.8 Å². The number of aromatic hydroxyl groups is 1. The monoisotopic (exact) mass is 752 g/mol. The van der Waals surface area contributed by atoms with E-state index >= 15 is 0 Å². The molecule has 0 aliphatic carbocycles. The summed E-state index contributed by atoms with van der Waals surface area (Å²) in [4.78, 5) is 39.5. The van der Waals surface area contributed by atoms with E-state index in [9.17, 15) is 19.8 Å². The Morgan fingerprint density at radius 1 is 1.07 bits per heavy atom. The van der Waals surface area contributed by atoms with Crippen LogP contribution in [0.15, 0.2) is 72.4 Å². The van der Waals surface area contributed by atoms with Crippen molar-refractivity contribution >= 4 is 34.5 Å². The predicted octanol–water partition coefficient (Wildman–Crippen LogP) is 5.43. The summed E-state index contributed by atoms with van der Waals surface area (Å²) in [5, 5.41) is 32.9. The van der Waals surface area contributed by atoms with Crippen LogP contribution in [-0.4, -0.2) is 98.3 Å². The van der Waals surface area contributed by atoms with Gasteiger partial charge >= 0.3 is 0 Å². The highest BCUT2D eigenvalue weighted by molar-refractivity contribution is 7.13. The fraction of sp³-hybridized carbons (Fsp3) is 0.439. The number of aliphatic hydroxyl groups is 1. The number of carbonyl (C=O) groups excluding carboxylic acids is 2. The van der Waals surface area contributed by atoms with Crippen molar-refractivity contribution in [2.45, 2.75) is 65.6 Å². The number of thiazole rings is 1. The number of phenolic OH excluding ortho intramolecular Hbond substituents is 1. The summed E-state index contributed by atoms with van der Waals surface area (Å²) in [5.41, 5.74) is 13.3. The summed E-state index contributed by atoms with van der Waals surface area (Å²) in [6.45, 7) is 17.3. The van der Waals surface area contributed by atoms with Crippen LogP contribution in [0.25, 0.3) is 21.7 Å². The van der Waals surface area contributed by atoms with Crippen molar-refractivity contribution in [3.05, 3.63) is 83.6 Å². The largest absolute Gasteiger partial charge is 0.507 e. The number of nitrogen functional groups attached to an aromatic ring is 1. The molecule has 286 valence electrons. The molecule has 2 aliphatic heterocycles.